The minimum absolute atomic E-state index is 0.565. The van der Waals surface area contributed by atoms with Gasteiger partial charge in [-0.05, 0) is 86.9 Å². The molecule has 7 nitrogen and oxygen atoms in total. The van der Waals surface area contributed by atoms with Gasteiger partial charge in [0, 0.05) is 32.8 Å². The van der Waals surface area contributed by atoms with Gasteiger partial charge in [0.15, 0.2) is 17.5 Å². The molecule has 0 radical (unpaired) electrons. The van der Waals surface area contributed by atoms with Crippen molar-refractivity contribution in [2.45, 2.75) is 0 Å². The highest BCUT2D eigenvalue weighted by molar-refractivity contribution is 6.19. The Hall–Kier alpha value is -8.29. The summed E-state index contributed by atoms with van der Waals surface area (Å²) in [6.07, 6.45) is 0. The van der Waals surface area contributed by atoms with E-state index in [4.69, 9.17) is 29.6 Å². The average molecular weight is 769 g/mol. The molecule has 12 aromatic rings. The second-order valence-corrected chi connectivity index (χ2v) is 15.0. The van der Waals surface area contributed by atoms with Crippen LogP contribution in [0.4, 0.5) is 0 Å². The van der Waals surface area contributed by atoms with Crippen LogP contribution in [-0.4, -0.2) is 29.9 Å². The van der Waals surface area contributed by atoms with Crippen LogP contribution in [0.3, 0.4) is 0 Å². The molecule has 9 aromatic carbocycles. The van der Waals surface area contributed by atoms with Crippen molar-refractivity contribution in [1.82, 2.24) is 29.9 Å². The van der Waals surface area contributed by atoms with Gasteiger partial charge in [-0.15, -0.1) is 10.2 Å². The van der Waals surface area contributed by atoms with E-state index >= 15 is 0 Å². The summed E-state index contributed by atoms with van der Waals surface area (Å²) in [6.45, 7) is 0. The summed E-state index contributed by atoms with van der Waals surface area (Å²) in [6, 6.07) is 66.6. The molecule has 7 heteroatoms. The quantitative estimate of drug-likeness (QED) is 0.157. The zero-order chi connectivity index (χ0) is 39.6. The van der Waals surface area contributed by atoms with Gasteiger partial charge in [0.2, 0.25) is 0 Å². The van der Waals surface area contributed by atoms with Gasteiger partial charge >= 0.3 is 0 Å². The maximum Gasteiger partial charge on any atom is 0.164 e. The number of para-hydroxylation sites is 2. The summed E-state index contributed by atoms with van der Waals surface area (Å²) in [5.74, 6) is 1.71. The Balaban J connectivity index is 1.06. The summed E-state index contributed by atoms with van der Waals surface area (Å²) in [7, 11) is 0. The Morgan fingerprint density at radius 1 is 0.367 bits per heavy atom. The van der Waals surface area contributed by atoms with Crippen molar-refractivity contribution in [2.24, 2.45) is 0 Å². The van der Waals surface area contributed by atoms with Gasteiger partial charge in [-0.2, -0.15) is 4.80 Å². The Kier molecular flexibility index (Phi) is 7.71. The van der Waals surface area contributed by atoms with E-state index in [-0.39, 0.29) is 0 Å². The smallest absolute Gasteiger partial charge is 0.164 e. The lowest BCUT2D eigenvalue weighted by atomic mass is 9.97. The van der Waals surface area contributed by atoms with Crippen LogP contribution in [0.1, 0.15) is 0 Å². The highest BCUT2D eigenvalue weighted by Crippen LogP contribution is 2.38. The largest absolute Gasteiger partial charge is 0.456 e. The number of furan rings is 1. The number of aromatic nitrogens is 6. The van der Waals surface area contributed by atoms with E-state index < -0.39 is 0 Å². The first-order valence-corrected chi connectivity index (χ1v) is 19.9. The van der Waals surface area contributed by atoms with Crippen LogP contribution in [0.25, 0.3) is 117 Å². The molecule has 280 valence electrons. The van der Waals surface area contributed by atoms with Crippen molar-refractivity contribution in [3.8, 4) is 62.1 Å². The van der Waals surface area contributed by atoms with Gasteiger partial charge in [0.1, 0.15) is 22.2 Å². The Morgan fingerprint density at radius 2 is 0.950 bits per heavy atom. The van der Waals surface area contributed by atoms with Gasteiger partial charge in [0.05, 0.1) is 5.69 Å². The maximum atomic E-state index is 6.32. The minimum atomic E-state index is 0.565. The van der Waals surface area contributed by atoms with E-state index in [1.807, 2.05) is 72.8 Å². The minimum Gasteiger partial charge on any atom is -0.456 e. The molecule has 0 saturated heterocycles. The number of benzene rings is 9. The molecule has 0 spiro atoms. The molecule has 3 heterocycles. The van der Waals surface area contributed by atoms with Crippen molar-refractivity contribution < 1.29 is 4.42 Å². The lowest BCUT2D eigenvalue weighted by Crippen LogP contribution is -2.00. The summed E-state index contributed by atoms with van der Waals surface area (Å²) < 4.78 is 6.32. The van der Waals surface area contributed by atoms with Gasteiger partial charge in [-0.3, -0.25) is 0 Å². The molecule has 60 heavy (non-hydrogen) atoms. The van der Waals surface area contributed by atoms with Crippen molar-refractivity contribution in [2.75, 3.05) is 0 Å². The molecule has 0 fully saturated rings. The van der Waals surface area contributed by atoms with Crippen LogP contribution in [0.2, 0.25) is 0 Å². The predicted octanol–water partition coefficient (Wildman–Crippen LogP) is 13.1. The third-order valence-corrected chi connectivity index (χ3v) is 11.3. The Bertz CT molecular complexity index is 3610. The fourth-order valence-electron chi connectivity index (χ4n) is 8.39. The Morgan fingerprint density at radius 3 is 1.77 bits per heavy atom. The van der Waals surface area contributed by atoms with Crippen molar-refractivity contribution >= 4 is 54.5 Å². The summed E-state index contributed by atoms with van der Waals surface area (Å²) in [5.41, 5.74) is 11.3. The number of rotatable bonds is 6. The van der Waals surface area contributed by atoms with Crippen molar-refractivity contribution in [1.29, 1.82) is 0 Å². The molecule has 0 N–H and O–H groups in total. The molecule has 0 amide bonds. The summed E-state index contributed by atoms with van der Waals surface area (Å²) in [5, 5.41) is 16.1. The fraction of sp³-hybridized carbons (Fsp3) is 0. The molecule has 0 bridgehead atoms. The van der Waals surface area contributed by atoms with E-state index in [1.165, 1.54) is 5.56 Å². The molecular weight excluding hydrogens is 737 g/mol. The van der Waals surface area contributed by atoms with E-state index in [2.05, 4.69) is 121 Å². The van der Waals surface area contributed by atoms with E-state index in [1.54, 1.807) is 4.80 Å². The topological polar surface area (TPSA) is 82.5 Å². The molecule has 0 aliphatic rings. The molecule has 0 saturated carbocycles. The number of fused-ring (bicyclic) bond motifs is 8. The Labute approximate surface area is 343 Å². The van der Waals surface area contributed by atoms with E-state index in [0.717, 1.165) is 93.6 Å². The highest BCUT2D eigenvalue weighted by Gasteiger charge is 2.19. The zero-order valence-electron chi connectivity index (χ0n) is 32.1. The number of hydrogen-bond donors (Lipinski definition) is 0. The van der Waals surface area contributed by atoms with E-state index in [9.17, 15) is 0 Å². The standard InChI is InChI=1S/C53H32N6O/c1-3-12-33(13-4-1)36-14-9-15-37(30-36)38-16-10-17-39(31-38)51-54-52(56-53(55-51)43-21-11-23-47-49(43)42-20-7-8-22-46(42)60-47)40-27-25-34-24-26-35-28-29-45-50(48(35)44(34)32-40)58-59(57-45)41-18-5-2-6-19-41/h1-32H. The van der Waals surface area contributed by atoms with E-state index in [0.29, 0.717) is 17.5 Å². The van der Waals surface area contributed by atoms with Crippen LogP contribution in [-0.2, 0) is 0 Å². The zero-order valence-corrected chi connectivity index (χ0v) is 32.1. The molecule has 0 aliphatic carbocycles. The fourth-order valence-corrected chi connectivity index (χ4v) is 8.39. The SMILES string of the molecule is c1ccc(-c2cccc(-c3cccc(-c4nc(-c5ccc6ccc7ccc8nn(-c9ccccc9)nc8c7c6c5)nc(-c5cccc6oc7ccccc7c56)n4)c3)c2)cc1. The van der Waals surface area contributed by atoms with Gasteiger partial charge < -0.3 is 4.42 Å². The molecule has 3 aromatic heterocycles. The first-order chi connectivity index (χ1) is 29.7. The predicted molar refractivity (Wildman–Crippen MR) is 242 cm³/mol. The second-order valence-electron chi connectivity index (χ2n) is 15.0. The number of nitrogens with zero attached hydrogens (tertiary/aromatic N) is 6. The lowest BCUT2D eigenvalue weighted by Gasteiger charge is -2.12. The highest BCUT2D eigenvalue weighted by atomic mass is 16.3. The monoisotopic (exact) mass is 768 g/mol. The molecule has 0 unspecified atom stereocenters. The third-order valence-electron chi connectivity index (χ3n) is 11.3. The van der Waals surface area contributed by atoms with Crippen LogP contribution in [0.15, 0.2) is 199 Å². The van der Waals surface area contributed by atoms with Gasteiger partial charge in [-0.25, -0.2) is 15.0 Å². The normalized spacial score (nSPS) is 11.7. The van der Waals surface area contributed by atoms with Crippen LogP contribution < -0.4 is 0 Å². The average Bonchev–Trinajstić information content (AvgIpc) is 3.94. The molecule has 12 rings (SSSR count). The van der Waals surface area contributed by atoms with Crippen molar-refractivity contribution in [3.05, 3.63) is 194 Å². The molecule has 0 aliphatic heterocycles. The molecular formula is C53H32N6O. The van der Waals surface area contributed by atoms with Gasteiger partial charge in [-0.1, -0.05) is 146 Å². The summed E-state index contributed by atoms with van der Waals surface area (Å²) >= 11 is 0. The van der Waals surface area contributed by atoms with Crippen LogP contribution in [0.5, 0.6) is 0 Å². The van der Waals surface area contributed by atoms with Crippen LogP contribution in [0, 0.1) is 0 Å². The maximum absolute atomic E-state index is 6.32. The van der Waals surface area contributed by atoms with Gasteiger partial charge in [0.25, 0.3) is 0 Å². The first kappa shape index (κ1) is 33.8. The third kappa shape index (κ3) is 5.71. The molecule has 0 atom stereocenters. The lowest BCUT2D eigenvalue weighted by molar-refractivity contribution is 0.669. The first-order valence-electron chi connectivity index (χ1n) is 19.9. The summed E-state index contributed by atoms with van der Waals surface area (Å²) in [4.78, 5) is 17.5. The van der Waals surface area contributed by atoms with Crippen molar-refractivity contribution in [3.63, 3.8) is 0 Å². The van der Waals surface area contributed by atoms with Crippen LogP contribution >= 0.6 is 0 Å². The number of hydrogen-bond acceptors (Lipinski definition) is 6. The second kappa shape index (κ2) is 13.7.